The number of imidazole rings is 1. The molecule has 1 aromatic heterocycles. The van der Waals surface area contributed by atoms with Crippen molar-refractivity contribution in [3.05, 3.63) is 18.2 Å². The lowest BCUT2D eigenvalue weighted by molar-refractivity contribution is -0.122. The third-order valence-corrected chi connectivity index (χ3v) is 3.74. The summed E-state index contributed by atoms with van der Waals surface area (Å²) in [6.45, 7) is 7.91. The number of carbonyl (C=O) groups excluding carboxylic acids is 1. The molecule has 17 heavy (non-hydrogen) atoms. The standard InChI is InChI=1S/C13H21N3O/c1-11(17)13-3-6-15(7-4-13)9-10-16-8-5-14-12(16)2/h5,8,13H,3-4,6-7,9-10H2,1-2H3. The molecule has 1 aliphatic heterocycles. The van der Waals surface area contributed by atoms with Crippen molar-refractivity contribution in [1.82, 2.24) is 14.5 Å². The molecule has 0 spiro atoms. The number of hydrogen-bond acceptors (Lipinski definition) is 3. The molecule has 0 unspecified atom stereocenters. The van der Waals surface area contributed by atoms with E-state index in [0.717, 1.165) is 44.8 Å². The number of piperidine rings is 1. The van der Waals surface area contributed by atoms with E-state index in [1.165, 1.54) is 0 Å². The van der Waals surface area contributed by atoms with Gasteiger partial charge in [-0.25, -0.2) is 4.98 Å². The fraction of sp³-hybridized carbons (Fsp3) is 0.692. The maximum Gasteiger partial charge on any atom is 0.133 e. The average molecular weight is 235 g/mol. The first-order valence-electron chi connectivity index (χ1n) is 6.37. The van der Waals surface area contributed by atoms with Gasteiger partial charge in [-0.05, 0) is 39.8 Å². The maximum atomic E-state index is 11.3. The Bertz CT molecular complexity index is 378. The number of carbonyl (C=O) groups is 1. The van der Waals surface area contributed by atoms with E-state index in [1.54, 1.807) is 6.92 Å². The number of aryl methyl sites for hydroxylation is 1. The van der Waals surface area contributed by atoms with Gasteiger partial charge in [0.25, 0.3) is 0 Å². The molecule has 0 saturated carbocycles. The first-order valence-corrected chi connectivity index (χ1v) is 6.37. The molecular formula is C13H21N3O. The molecule has 4 heteroatoms. The maximum absolute atomic E-state index is 11.3. The molecule has 0 radical (unpaired) electrons. The first-order chi connectivity index (χ1) is 8.16. The van der Waals surface area contributed by atoms with Crippen molar-refractivity contribution in [3.63, 3.8) is 0 Å². The van der Waals surface area contributed by atoms with Crippen LogP contribution in [0.15, 0.2) is 12.4 Å². The molecule has 94 valence electrons. The van der Waals surface area contributed by atoms with Gasteiger partial charge in [0.2, 0.25) is 0 Å². The van der Waals surface area contributed by atoms with Gasteiger partial charge >= 0.3 is 0 Å². The highest BCUT2D eigenvalue weighted by Crippen LogP contribution is 2.17. The van der Waals surface area contributed by atoms with Crippen LogP contribution >= 0.6 is 0 Å². The molecule has 2 rings (SSSR count). The fourth-order valence-electron chi connectivity index (χ4n) is 2.45. The topological polar surface area (TPSA) is 38.1 Å². The molecule has 4 nitrogen and oxygen atoms in total. The van der Waals surface area contributed by atoms with E-state index in [1.807, 2.05) is 19.3 Å². The van der Waals surface area contributed by atoms with Crippen LogP contribution in [0.1, 0.15) is 25.6 Å². The van der Waals surface area contributed by atoms with E-state index in [9.17, 15) is 4.79 Å². The van der Waals surface area contributed by atoms with Gasteiger partial charge in [-0.15, -0.1) is 0 Å². The Kier molecular flexibility index (Phi) is 3.94. The van der Waals surface area contributed by atoms with E-state index in [0.29, 0.717) is 11.7 Å². The first kappa shape index (κ1) is 12.3. The third-order valence-electron chi connectivity index (χ3n) is 3.74. The molecule has 2 heterocycles. The number of ketones is 1. The third kappa shape index (κ3) is 3.16. The predicted molar refractivity (Wildman–Crippen MR) is 66.8 cm³/mol. The minimum absolute atomic E-state index is 0.307. The number of Topliss-reactive ketones (excluding diaryl/α,β-unsaturated/α-hetero) is 1. The lowest BCUT2D eigenvalue weighted by Gasteiger charge is -2.30. The second-order valence-corrected chi connectivity index (χ2v) is 4.89. The second-order valence-electron chi connectivity index (χ2n) is 4.89. The van der Waals surface area contributed by atoms with Crippen molar-refractivity contribution >= 4 is 5.78 Å². The highest BCUT2D eigenvalue weighted by molar-refractivity contribution is 5.78. The zero-order valence-electron chi connectivity index (χ0n) is 10.7. The summed E-state index contributed by atoms with van der Waals surface area (Å²) in [5, 5.41) is 0. The number of likely N-dealkylation sites (tertiary alicyclic amines) is 1. The lowest BCUT2D eigenvalue weighted by Crippen LogP contribution is -2.37. The average Bonchev–Trinajstić information content (AvgIpc) is 2.73. The smallest absolute Gasteiger partial charge is 0.133 e. The van der Waals surface area contributed by atoms with Crippen LogP contribution < -0.4 is 0 Å². The molecular weight excluding hydrogens is 214 g/mol. The molecule has 1 fully saturated rings. The molecule has 1 aliphatic rings. The van der Waals surface area contributed by atoms with Crippen molar-refractivity contribution in [3.8, 4) is 0 Å². The number of hydrogen-bond donors (Lipinski definition) is 0. The van der Waals surface area contributed by atoms with Gasteiger partial charge in [-0.2, -0.15) is 0 Å². The molecule has 1 saturated heterocycles. The molecule has 0 bridgehead atoms. The number of nitrogens with zero attached hydrogens (tertiary/aromatic N) is 3. The summed E-state index contributed by atoms with van der Waals surface area (Å²) in [6, 6.07) is 0. The zero-order valence-corrected chi connectivity index (χ0v) is 10.7. The molecule has 0 atom stereocenters. The van der Waals surface area contributed by atoms with E-state index in [-0.39, 0.29) is 0 Å². The van der Waals surface area contributed by atoms with Crippen molar-refractivity contribution < 1.29 is 4.79 Å². The molecule has 1 aromatic rings. The summed E-state index contributed by atoms with van der Waals surface area (Å²) in [6.07, 6.45) is 5.92. The van der Waals surface area contributed by atoms with Gasteiger partial charge in [0.05, 0.1) is 0 Å². The van der Waals surface area contributed by atoms with Crippen molar-refractivity contribution in [2.75, 3.05) is 19.6 Å². The van der Waals surface area contributed by atoms with Gasteiger partial charge in [0.1, 0.15) is 11.6 Å². The van der Waals surface area contributed by atoms with Crippen LogP contribution in [0.5, 0.6) is 0 Å². The summed E-state index contributed by atoms with van der Waals surface area (Å²) >= 11 is 0. The summed E-state index contributed by atoms with van der Waals surface area (Å²) < 4.78 is 2.18. The van der Waals surface area contributed by atoms with Crippen LogP contribution in [0.4, 0.5) is 0 Å². The normalized spacial score (nSPS) is 18.5. The molecule has 0 aliphatic carbocycles. The second kappa shape index (κ2) is 5.45. The summed E-state index contributed by atoms with van der Waals surface area (Å²) in [4.78, 5) is 17.9. The van der Waals surface area contributed by atoms with Gasteiger partial charge < -0.3 is 9.47 Å². The minimum atomic E-state index is 0.307. The Morgan fingerprint density at radius 1 is 1.41 bits per heavy atom. The van der Waals surface area contributed by atoms with Crippen LogP contribution in [0.3, 0.4) is 0 Å². The van der Waals surface area contributed by atoms with E-state index < -0.39 is 0 Å². The van der Waals surface area contributed by atoms with Gasteiger partial charge in [-0.3, -0.25) is 4.79 Å². The van der Waals surface area contributed by atoms with Gasteiger partial charge in [0, 0.05) is 31.4 Å². The highest BCUT2D eigenvalue weighted by atomic mass is 16.1. The monoisotopic (exact) mass is 235 g/mol. The minimum Gasteiger partial charge on any atom is -0.334 e. The van der Waals surface area contributed by atoms with Crippen LogP contribution in [0.2, 0.25) is 0 Å². The Hall–Kier alpha value is -1.16. The van der Waals surface area contributed by atoms with Crippen LogP contribution in [0, 0.1) is 12.8 Å². The SMILES string of the molecule is CC(=O)C1CCN(CCn2ccnc2C)CC1. The van der Waals surface area contributed by atoms with Crippen molar-refractivity contribution in [2.45, 2.75) is 33.2 Å². The Morgan fingerprint density at radius 2 is 2.12 bits per heavy atom. The van der Waals surface area contributed by atoms with E-state index in [4.69, 9.17) is 0 Å². The quantitative estimate of drug-likeness (QED) is 0.793. The summed E-state index contributed by atoms with van der Waals surface area (Å²) in [5.41, 5.74) is 0. The molecule has 0 N–H and O–H groups in total. The van der Waals surface area contributed by atoms with Crippen LogP contribution in [-0.4, -0.2) is 39.9 Å². The number of aromatic nitrogens is 2. The molecule has 0 amide bonds. The lowest BCUT2D eigenvalue weighted by atomic mass is 9.93. The summed E-state index contributed by atoms with van der Waals surface area (Å²) in [7, 11) is 0. The van der Waals surface area contributed by atoms with Gasteiger partial charge in [-0.1, -0.05) is 0 Å². The van der Waals surface area contributed by atoms with Crippen LogP contribution in [0.25, 0.3) is 0 Å². The van der Waals surface area contributed by atoms with Crippen molar-refractivity contribution in [2.24, 2.45) is 5.92 Å². The predicted octanol–water partition coefficient (Wildman–Crippen LogP) is 1.49. The highest BCUT2D eigenvalue weighted by Gasteiger charge is 2.21. The Balaban J connectivity index is 1.75. The van der Waals surface area contributed by atoms with Crippen molar-refractivity contribution in [1.29, 1.82) is 0 Å². The largest absolute Gasteiger partial charge is 0.334 e. The Morgan fingerprint density at radius 3 is 2.65 bits per heavy atom. The Labute approximate surface area is 103 Å². The van der Waals surface area contributed by atoms with E-state index >= 15 is 0 Å². The zero-order chi connectivity index (χ0) is 12.3. The molecule has 0 aromatic carbocycles. The summed E-state index contributed by atoms with van der Waals surface area (Å²) in [5.74, 6) is 1.74. The van der Waals surface area contributed by atoms with Crippen LogP contribution in [-0.2, 0) is 11.3 Å². The van der Waals surface area contributed by atoms with Gasteiger partial charge in [0.15, 0.2) is 0 Å². The van der Waals surface area contributed by atoms with E-state index in [2.05, 4.69) is 14.5 Å². The number of rotatable bonds is 4. The fourth-order valence-corrected chi connectivity index (χ4v) is 2.45.